The van der Waals surface area contributed by atoms with Gasteiger partial charge in [0.05, 0.1) is 13.2 Å². The molecule has 0 N–H and O–H groups in total. The minimum Gasteiger partial charge on any atom is -0.456 e. The van der Waals surface area contributed by atoms with E-state index in [0.29, 0.717) is 26.4 Å². The summed E-state index contributed by atoms with van der Waals surface area (Å²) in [6, 6.07) is 1.96. The first-order valence-corrected chi connectivity index (χ1v) is 52.8. The lowest BCUT2D eigenvalue weighted by Gasteiger charge is -2.62. The van der Waals surface area contributed by atoms with Crippen molar-refractivity contribution in [3.05, 3.63) is 24.3 Å². The number of rotatable bonds is 26. The predicted molar refractivity (Wildman–Crippen MR) is 250 cm³/mol. The van der Waals surface area contributed by atoms with Crippen LogP contribution >= 0.6 is 0 Å². The Balaban J connectivity index is 8.39. The lowest BCUT2D eigenvalue weighted by Crippen LogP contribution is -2.89. The van der Waals surface area contributed by atoms with E-state index in [4.69, 9.17) is 30.0 Å². The van der Waals surface area contributed by atoms with Crippen molar-refractivity contribution in [2.24, 2.45) is 0 Å². The van der Waals surface area contributed by atoms with Gasteiger partial charge in [-0.1, -0.05) is 24.3 Å². The zero-order valence-electron chi connectivity index (χ0n) is 37.9. The fourth-order valence-corrected chi connectivity index (χ4v) is 135. The molecule has 0 heterocycles. The Morgan fingerprint density at radius 3 is 0.765 bits per heavy atom. The molecule has 0 aliphatic rings. The quantitative estimate of drug-likeness (QED) is 0.0487. The highest BCUT2D eigenvalue weighted by Gasteiger charge is 2.73. The minimum absolute atomic E-state index is 0.588. The second-order valence-corrected chi connectivity index (χ2v) is 85.4. The van der Waals surface area contributed by atoms with Crippen molar-refractivity contribution in [3.8, 4) is 0 Å². The lowest BCUT2D eigenvalue weighted by atomic mass is 10.4. The van der Waals surface area contributed by atoms with E-state index in [9.17, 15) is 0 Å². The van der Waals surface area contributed by atoms with Crippen LogP contribution in [0.15, 0.2) is 24.3 Å². The average molecular weight is 888 g/mol. The first-order valence-electron chi connectivity index (χ1n) is 19.3. The van der Waals surface area contributed by atoms with Gasteiger partial charge in [-0.15, -0.1) is 0 Å². The third-order valence-corrected chi connectivity index (χ3v) is 94.8. The lowest BCUT2D eigenvalue weighted by molar-refractivity contribution is 0.156. The van der Waals surface area contributed by atoms with Gasteiger partial charge in [0.15, 0.2) is 64.6 Å². The Kier molecular flexibility index (Phi) is 19.7. The molecule has 0 aliphatic heterocycles. The van der Waals surface area contributed by atoms with Crippen LogP contribution in [-0.4, -0.2) is 106 Å². The SMILES string of the molecule is C=C(C)COCCC[Si](O[Si](CCCOCC(=C)C)([Si](C)(C)O[Si](C)(C)C)[Si](C)(C)O[Si](C)(C)C)([Si](C)(C)O[Si](C)(C)C)[Si](C)(C)O[Si](C)(C)C. The zero-order valence-corrected chi connectivity index (χ0v) is 47.9. The highest BCUT2D eigenvalue weighted by molar-refractivity contribution is 7.72. The van der Waals surface area contributed by atoms with E-state index in [1.807, 2.05) is 13.8 Å². The average Bonchev–Trinajstić information content (AvgIpc) is 2.79. The van der Waals surface area contributed by atoms with E-state index in [0.717, 1.165) is 36.1 Å². The van der Waals surface area contributed by atoms with Gasteiger partial charge < -0.3 is 30.0 Å². The maximum atomic E-state index is 8.89. The summed E-state index contributed by atoms with van der Waals surface area (Å²) >= 11 is 0. The number of hydrogen-bond donors (Lipinski definition) is 0. The minimum atomic E-state index is -2.89. The largest absolute Gasteiger partial charge is 0.456 e. The Hall–Kier alpha value is 1.37. The van der Waals surface area contributed by atoms with Crippen molar-refractivity contribution >= 4 is 79.3 Å². The molecule has 0 amide bonds. The molecule has 0 aromatic rings. The highest BCUT2D eigenvalue weighted by Crippen LogP contribution is 2.47. The Morgan fingerprint density at radius 1 is 0.373 bits per heavy atom. The molecule has 0 bridgehead atoms. The molecule has 0 spiro atoms. The summed E-state index contributed by atoms with van der Waals surface area (Å²) < 4.78 is 51.8. The number of ether oxygens (including phenoxy) is 2. The third-order valence-electron chi connectivity index (χ3n) is 8.82. The van der Waals surface area contributed by atoms with Gasteiger partial charge >= 0.3 is 0 Å². The van der Waals surface area contributed by atoms with Gasteiger partial charge in [-0.3, -0.25) is 0 Å². The van der Waals surface area contributed by atoms with Crippen LogP contribution in [0.3, 0.4) is 0 Å². The normalized spacial score (nSPS) is 15.0. The van der Waals surface area contributed by atoms with E-state index in [2.05, 4.69) is 144 Å². The maximum absolute atomic E-state index is 8.89. The van der Waals surface area contributed by atoms with E-state index in [1.54, 1.807) is 0 Å². The van der Waals surface area contributed by atoms with Gasteiger partial charge in [0, 0.05) is 13.2 Å². The van der Waals surface area contributed by atoms with Crippen LogP contribution in [0.1, 0.15) is 26.7 Å². The van der Waals surface area contributed by atoms with Gasteiger partial charge in [-0.2, -0.15) is 0 Å². The molecule has 0 rings (SSSR count). The van der Waals surface area contributed by atoms with Gasteiger partial charge in [0.1, 0.15) is 0 Å². The molecule has 0 aliphatic carbocycles. The van der Waals surface area contributed by atoms with Crippen molar-refractivity contribution < 1.29 is 30.0 Å². The fourth-order valence-electron chi connectivity index (χ4n) is 8.28. The van der Waals surface area contributed by atoms with Crippen LogP contribution < -0.4 is 0 Å². The molecule has 0 unspecified atom stereocenters. The first kappa shape index (κ1) is 52.4. The molecule has 0 radical (unpaired) electrons. The van der Waals surface area contributed by atoms with Crippen molar-refractivity contribution in [1.82, 2.24) is 0 Å². The van der Waals surface area contributed by atoms with Gasteiger partial charge in [0.25, 0.3) is 0 Å². The summed E-state index contributed by atoms with van der Waals surface area (Å²) in [5.41, 5.74) is 2.10. The molecule has 0 aromatic carbocycles. The topological polar surface area (TPSA) is 64.6 Å². The summed E-state index contributed by atoms with van der Waals surface area (Å²) in [5.74, 6) is 0. The summed E-state index contributed by atoms with van der Waals surface area (Å²) in [7, 11) is -24.0. The zero-order chi connectivity index (χ0) is 40.8. The van der Waals surface area contributed by atoms with Crippen LogP contribution in [0.5, 0.6) is 0 Å². The standard InChI is InChI=1S/C34H86O7Si10/c1-33(2)31-35-27-25-29-50(46(17,18)37-42(5,6)7,47(19,20)38-43(8,9)10)41-51(30-26-28-36-32-34(3)4,48(21,22)39-44(11,12)13)49(23,24)40-45(14,15)16/h1,3,25-32H2,2,4-24H3. The molecule has 0 aromatic heterocycles. The molecule has 0 saturated heterocycles. The highest BCUT2D eigenvalue weighted by atomic mass is 29.7. The van der Waals surface area contributed by atoms with Crippen molar-refractivity contribution in [2.75, 3.05) is 26.4 Å². The smallest absolute Gasteiger partial charge is 0.215 e. The molecule has 0 atom stereocenters. The maximum Gasteiger partial charge on any atom is 0.215 e. The van der Waals surface area contributed by atoms with Crippen molar-refractivity contribution in [1.29, 1.82) is 0 Å². The molecule has 0 fully saturated rings. The van der Waals surface area contributed by atoms with E-state index < -0.39 is 79.3 Å². The predicted octanol–water partition coefficient (Wildman–Crippen LogP) is 11.4. The first-order chi connectivity index (χ1) is 22.4. The van der Waals surface area contributed by atoms with Crippen LogP contribution in [0.25, 0.3) is 0 Å². The Labute approximate surface area is 327 Å². The van der Waals surface area contributed by atoms with Crippen LogP contribution in [-0.2, 0) is 30.0 Å². The Morgan fingerprint density at radius 2 is 0.588 bits per heavy atom. The molecule has 0 saturated carbocycles. The monoisotopic (exact) mass is 886 g/mol. The van der Waals surface area contributed by atoms with Gasteiger partial charge in [0.2, 0.25) is 14.7 Å². The van der Waals surface area contributed by atoms with Gasteiger partial charge in [-0.05, 0) is 170 Å². The van der Waals surface area contributed by atoms with Crippen LogP contribution in [0.4, 0.5) is 0 Å². The molecule has 17 heteroatoms. The molecule has 51 heavy (non-hydrogen) atoms. The fraction of sp³-hybridized carbons (Fsp3) is 0.882. The second kappa shape index (κ2) is 19.2. The van der Waals surface area contributed by atoms with Crippen molar-refractivity contribution in [2.45, 2.75) is 170 Å². The molecule has 304 valence electrons. The Bertz CT molecular complexity index is 976. The molecular formula is C34H86O7Si10. The van der Waals surface area contributed by atoms with E-state index in [1.165, 1.54) is 0 Å². The number of hydrogen-bond acceptors (Lipinski definition) is 7. The van der Waals surface area contributed by atoms with Crippen LogP contribution in [0, 0.1) is 0 Å². The van der Waals surface area contributed by atoms with E-state index in [-0.39, 0.29) is 0 Å². The summed E-state index contributed by atoms with van der Waals surface area (Å²) in [6.45, 7) is 63.1. The third kappa shape index (κ3) is 17.2. The summed E-state index contributed by atoms with van der Waals surface area (Å²) in [5, 5.41) is 0. The van der Waals surface area contributed by atoms with Crippen molar-refractivity contribution in [3.63, 3.8) is 0 Å². The summed E-state index contributed by atoms with van der Waals surface area (Å²) in [4.78, 5) is 0. The van der Waals surface area contributed by atoms with E-state index >= 15 is 0 Å². The van der Waals surface area contributed by atoms with Crippen LogP contribution in [0.2, 0.25) is 143 Å². The molecular weight excluding hydrogens is 801 g/mol. The second-order valence-electron chi connectivity index (χ2n) is 20.9. The van der Waals surface area contributed by atoms with Gasteiger partial charge in [-0.25, -0.2) is 0 Å². The summed E-state index contributed by atoms with van der Waals surface area (Å²) in [6.07, 6.45) is 1.85. The molecule has 7 nitrogen and oxygen atoms in total.